The average molecular weight is 297 g/mol. The zero-order chi connectivity index (χ0) is 14.5. The van der Waals surface area contributed by atoms with Gasteiger partial charge in [0.2, 0.25) is 0 Å². The van der Waals surface area contributed by atoms with Crippen molar-refractivity contribution in [3.05, 3.63) is 58.5 Å². The van der Waals surface area contributed by atoms with E-state index in [2.05, 4.69) is 51.2 Å². The van der Waals surface area contributed by atoms with Gasteiger partial charge in [0.1, 0.15) is 0 Å². The summed E-state index contributed by atoms with van der Waals surface area (Å²) in [4.78, 5) is 8.95. The van der Waals surface area contributed by atoms with Gasteiger partial charge in [0.05, 0.1) is 11.0 Å². The van der Waals surface area contributed by atoms with E-state index in [-0.39, 0.29) is 6.04 Å². The number of hydrogen-bond acceptors (Lipinski definition) is 4. The molecule has 0 saturated carbocycles. The van der Waals surface area contributed by atoms with Crippen LogP contribution in [0.25, 0.3) is 11.0 Å². The number of para-hydroxylation sites is 1. The quantitative estimate of drug-likeness (QED) is 0.748. The Kier molecular flexibility index (Phi) is 4.58. The molecule has 0 fully saturated rings. The summed E-state index contributed by atoms with van der Waals surface area (Å²) in [5.74, 6) is 0. The SMILES string of the molecule is CCCNC(Cc1ccsc1)c1cccc2nccnc12. The van der Waals surface area contributed by atoms with Crippen molar-refractivity contribution in [1.29, 1.82) is 0 Å². The lowest BCUT2D eigenvalue weighted by Crippen LogP contribution is -2.24. The number of hydrogen-bond donors (Lipinski definition) is 1. The van der Waals surface area contributed by atoms with Gasteiger partial charge in [0.25, 0.3) is 0 Å². The van der Waals surface area contributed by atoms with Crippen LogP contribution in [0.3, 0.4) is 0 Å². The zero-order valence-corrected chi connectivity index (χ0v) is 12.9. The van der Waals surface area contributed by atoms with Crippen LogP contribution in [0.1, 0.15) is 30.5 Å². The van der Waals surface area contributed by atoms with Crippen molar-refractivity contribution in [2.24, 2.45) is 0 Å². The van der Waals surface area contributed by atoms with Gasteiger partial charge in [-0.3, -0.25) is 9.97 Å². The molecule has 0 aliphatic heterocycles. The van der Waals surface area contributed by atoms with E-state index in [1.807, 2.05) is 6.07 Å². The molecule has 0 aliphatic rings. The number of benzene rings is 1. The first-order valence-electron chi connectivity index (χ1n) is 7.32. The lowest BCUT2D eigenvalue weighted by Gasteiger charge is -2.19. The lowest BCUT2D eigenvalue weighted by atomic mass is 9.98. The molecule has 2 heterocycles. The second-order valence-electron chi connectivity index (χ2n) is 5.11. The van der Waals surface area contributed by atoms with E-state index in [9.17, 15) is 0 Å². The summed E-state index contributed by atoms with van der Waals surface area (Å²) < 4.78 is 0. The monoisotopic (exact) mass is 297 g/mol. The van der Waals surface area contributed by atoms with Crippen LogP contribution in [0.2, 0.25) is 0 Å². The Bertz CT molecular complexity index is 689. The van der Waals surface area contributed by atoms with E-state index < -0.39 is 0 Å². The topological polar surface area (TPSA) is 37.8 Å². The van der Waals surface area contributed by atoms with Crippen LogP contribution in [0, 0.1) is 0 Å². The summed E-state index contributed by atoms with van der Waals surface area (Å²) in [6.07, 6.45) is 5.63. The molecule has 1 aromatic carbocycles. The molecule has 0 amide bonds. The smallest absolute Gasteiger partial charge is 0.0934 e. The number of nitrogens with zero attached hydrogens (tertiary/aromatic N) is 2. The molecule has 4 heteroatoms. The third-order valence-corrected chi connectivity index (χ3v) is 4.30. The van der Waals surface area contributed by atoms with Crippen LogP contribution < -0.4 is 5.32 Å². The van der Waals surface area contributed by atoms with Gasteiger partial charge in [-0.05, 0) is 53.4 Å². The molecule has 0 saturated heterocycles. The summed E-state index contributed by atoms with van der Waals surface area (Å²) in [6, 6.07) is 8.73. The molecular formula is C17H19N3S. The summed E-state index contributed by atoms with van der Waals surface area (Å²) in [7, 11) is 0. The fourth-order valence-electron chi connectivity index (χ4n) is 2.55. The predicted octanol–water partition coefficient (Wildman–Crippen LogP) is 3.97. The van der Waals surface area contributed by atoms with Crippen LogP contribution in [-0.2, 0) is 6.42 Å². The molecule has 0 aliphatic carbocycles. The summed E-state index contributed by atoms with van der Waals surface area (Å²) in [5, 5.41) is 8.01. The second kappa shape index (κ2) is 6.78. The van der Waals surface area contributed by atoms with Crippen LogP contribution >= 0.6 is 11.3 Å². The van der Waals surface area contributed by atoms with E-state index in [1.54, 1.807) is 23.7 Å². The van der Waals surface area contributed by atoms with Crippen molar-refractivity contribution >= 4 is 22.4 Å². The van der Waals surface area contributed by atoms with Crippen LogP contribution in [0.4, 0.5) is 0 Å². The highest BCUT2D eigenvalue weighted by atomic mass is 32.1. The Morgan fingerprint density at radius 1 is 1.19 bits per heavy atom. The van der Waals surface area contributed by atoms with Crippen molar-refractivity contribution in [3.63, 3.8) is 0 Å². The number of rotatable bonds is 6. The van der Waals surface area contributed by atoms with Crippen molar-refractivity contribution < 1.29 is 0 Å². The fraction of sp³-hybridized carbons (Fsp3) is 0.294. The van der Waals surface area contributed by atoms with Gasteiger partial charge in [-0.25, -0.2) is 0 Å². The predicted molar refractivity (Wildman–Crippen MR) is 88.6 cm³/mol. The minimum Gasteiger partial charge on any atom is -0.310 e. The van der Waals surface area contributed by atoms with Gasteiger partial charge in [-0.15, -0.1) is 0 Å². The normalized spacial score (nSPS) is 12.6. The van der Waals surface area contributed by atoms with E-state index in [1.165, 1.54) is 11.1 Å². The van der Waals surface area contributed by atoms with Crippen molar-refractivity contribution in [3.8, 4) is 0 Å². The molecule has 3 nitrogen and oxygen atoms in total. The van der Waals surface area contributed by atoms with Crippen LogP contribution in [0.5, 0.6) is 0 Å². The number of thiophene rings is 1. The second-order valence-corrected chi connectivity index (χ2v) is 5.89. The number of aromatic nitrogens is 2. The molecule has 0 spiro atoms. The van der Waals surface area contributed by atoms with Crippen LogP contribution in [0.15, 0.2) is 47.4 Å². The highest BCUT2D eigenvalue weighted by molar-refractivity contribution is 7.07. The maximum atomic E-state index is 4.54. The highest BCUT2D eigenvalue weighted by Crippen LogP contribution is 2.25. The van der Waals surface area contributed by atoms with Crippen molar-refractivity contribution in [1.82, 2.24) is 15.3 Å². The Labute approximate surface area is 129 Å². The minimum atomic E-state index is 0.278. The van der Waals surface area contributed by atoms with E-state index >= 15 is 0 Å². The minimum absolute atomic E-state index is 0.278. The maximum absolute atomic E-state index is 4.54. The first-order valence-corrected chi connectivity index (χ1v) is 8.27. The van der Waals surface area contributed by atoms with E-state index in [0.29, 0.717) is 0 Å². The standard InChI is InChI=1S/C17H19N3S/c1-2-7-18-16(11-13-6-10-21-12-13)14-4-3-5-15-17(14)20-9-8-19-15/h3-6,8-10,12,16,18H,2,7,11H2,1H3. The van der Waals surface area contributed by atoms with Crippen molar-refractivity contribution in [2.75, 3.05) is 6.54 Å². The molecule has 1 atom stereocenters. The Morgan fingerprint density at radius 2 is 2.10 bits per heavy atom. The van der Waals surface area contributed by atoms with Gasteiger partial charge >= 0.3 is 0 Å². The average Bonchev–Trinajstić information content (AvgIpc) is 3.04. The molecule has 3 rings (SSSR count). The molecule has 21 heavy (non-hydrogen) atoms. The molecule has 0 radical (unpaired) electrons. The number of fused-ring (bicyclic) bond motifs is 1. The summed E-state index contributed by atoms with van der Waals surface area (Å²) in [6.45, 7) is 3.20. The molecule has 1 unspecified atom stereocenters. The van der Waals surface area contributed by atoms with Gasteiger partial charge < -0.3 is 5.32 Å². The molecule has 3 aromatic rings. The molecule has 1 N–H and O–H groups in total. The molecule has 2 aromatic heterocycles. The highest BCUT2D eigenvalue weighted by Gasteiger charge is 2.15. The third kappa shape index (κ3) is 3.28. The maximum Gasteiger partial charge on any atom is 0.0934 e. The third-order valence-electron chi connectivity index (χ3n) is 3.57. The lowest BCUT2D eigenvalue weighted by molar-refractivity contribution is 0.532. The van der Waals surface area contributed by atoms with Gasteiger partial charge in [-0.1, -0.05) is 19.1 Å². The Balaban J connectivity index is 1.97. The fourth-order valence-corrected chi connectivity index (χ4v) is 3.23. The molecular weight excluding hydrogens is 278 g/mol. The van der Waals surface area contributed by atoms with Crippen molar-refractivity contribution in [2.45, 2.75) is 25.8 Å². The van der Waals surface area contributed by atoms with Crippen LogP contribution in [-0.4, -0.2) is 16.5 Å². The van der Waals surface area contributed by atoms with Gasteiger partial charge in [0, 0.05) is 18.4 Å². The molecule has 108 valence electrons. The van der Waals surface area contributed by atoms with E-state index in [0.717, 1.165) is 30.4 Å². The largest absolute Gasteiger partial charge is 0.310 e. The Morgan fingerprint density at radius 3 is 2.90 bits per heavy atom. The van der Waals surface area contributed by atoms with Gasteiger partial charge in [0.15, 0.2) is 0 Å². The summed E-state index contributed by atoms with van der Waals surface area (Å²) >= 11 is 1.75. The Hall–Kier alpha value is -1.78. The first-order chi connectivity index (χ1) is 10.4. The van der Waals surface area contributed by atoms with Gasteiger partial charge in [-0.2, -0.15) is 11.3 Å². The first kappa shape index (κ1) is 14.2. The number of nitrogens with one attached hydrogen (secondary N) is 1. The molecule has 0 bridgehead atoms. The summed E-state index contributed by atoms with van der Waals surface area (Å²) in [5.41, 5.74) is 4.57. The zero-order valence-electron chi connectivity index (χ0n) is 12.1. The van der Waals surface area contributed by atoms with E-state index in [4.69, 9.17) is 0 Å².